The quantitative estimate of drug-likeness (QED) is 0.809. The van der Waals surface area contributed by atoms with E-state index >= 15 is 0 Å². The molecular formula is C16H15BrN2O4. The zero-order valence-electron chi connectivity index (χ0n) is 12.6. The van der Waals surface area contributed by atoms with Crippen LogP contribution in [0.25, 0.3) is 0 Å². The fourth-order valence-electron chi connectivity index (χ4n) is 1.87. The highest BCUT2D eigenvalue weighted by Gasteiger charge is 2.16. The molecule has 0 aliphatic carbocycles. The van der Waals surface area contributed by atoms with Crippen molar-refractivity contribution >= 4 is 33.5 Å². The van der Waals surface area contributed by atoms with E-state index < -0.39 is 18.5 Å². The fourth-order valence-corrected chi connectivity index (χ4v) is 2.35. The van der Waals surface area contributed by atoms with Gasteiger partial charge in [-0.05, 0) is 42.8 Å². The monoisotopic (exact) mass is 378 g/mol. The molecule has 1 N–H and O–H groups in total. The van der Waals surface area contributed by atoms with Crippen LogP contribution in [0.5, 0.6) is 5.88 Å². The normalized spacial score (nSPS) is 10.0. The molecule has 120 valence electrons. The van der Waals surface area contributed by atoms with E-state index in [9.17, 15) is 9.59 Å². The summed E-state index contributed by atoms with van der Waals surface area (Å²) in [5, 5.41) is 2.69. The molecule has 6 nitrogen and oxygen atoms in total. The summed E-state index contributed by atoms with van der Waals surface area (Å²) in [4.78, 5) is 27.8. The maximum atomic E-state index is 12.0. The van der Waals surface area contributed by atoms with Crippen molar-refractivity contribution in [3.05, 3.63) is 52.1 Å². The molecule has 2 aromatic rings. The van der Waals surface area contributed by atoms with Crippen LogP contribution >= 0.6 is 15.9 Å². The van der Waals surface area contributed by atoms with Gasteiger partial charge in [-0.25, -0.2) is 9.78 Å². The zero-order valence-corrected chi connectivity index (χ0v) is 14.2. The molecule has 1 amide bonds. The maximum absolute atomic E-state index is 12.0. The van der Waals surface area contributed by atoms with E-state index in [4.69, 9.17) is 9.47 Å². The standard InChI is InChI=1S/C16H15BrN2O4/c1-10-8-11(17)5-6-13(10)19-14(20)9-23-16(21)12-4-3-7-18-15(12)22-2/h3-8H,9H2,1-2H3,(H,19,20). The first-order valence-electron chi connectivity index (χ1n) is 6.73. The second-order valence-electron chi connectivity index (χ2n) is 4.64. The average Bonchev–Trinajstić information content (AvgIpc) is 2.55. The van der Waals surface area contributed by atoms with Crippen molar-refractivity contribution in [3.8, 4) is 5.88 Å². The maximum Gasteiger partial charge on any atom is 0.344 e. The first kappa shape index (κ1) is 17.0. The SMILES string of the molecule is COc1ncccc1C(=O)OCC(=O)Nc1ccc(Br)cc1C. The van der Waals surface area contributed by atoms with E-state index in [1.54, 1.807) is 12.1 Å². The topological polar surface area (TPSA) is 77.5 Å². The number of esters is 1. The predicted molar refractivity (Wildman–Crippen MR) is 88.6 cm³/mol. The summed E-state index contributed by atoms with van der Waals surface area (Å²) >= 11 is 3.35. The van der Waals surface area contributed by atoms with Gasteiger partial charge in [0.2, 0.25) is 5.88 Å². The number of pyridine rings is 1. The van der Waals surface area contributed by atoms with Gasteiger partial charge in [-0.2, -0.15) is 0 Å². The van der Waals surface area contributed by atoms with Crippen LogP contribution in [-0.4, -0.2) is 30.6 Å². The number of anilines is 1. The van der Waals surface area contributed by atoms with E-state index in [1.165, 1.54) is 19.4 Å². The van der Waals surface area contributed by atoms with Crippen molar-refractivity contribution in [2.24, 2.45) is 0 Å². The van der Waals surface area contributed by atoms with Crippen LogP contribution < -0.4 is 10.1 Å². The zero-order chi connectivity index (χ0) is 16.8. The number of aromatic nitrogens is 1. The molecule has 0 saturated heterocycles. The molecule has 0 fully saturated rings. The highest BCUT2D eigenvalue weighted by atomic mass is 79.9. The van der Waals surface area contributed by atoms with E-state index in [-0.39, 0.29) is 11.4 Å². The molecule has 0 saturated carbocycles. The molecule has 2 rings (SSSR count). The van der Waals surface area contributed by atoms with Gasteiger partial charge < -0.3 is 14.8 Å². The second kappa shape index (κ2) is 7.73. The number of rotatable bonds is 5. The van der Waals surface area contributed by atoms with Crippen molar-refractivity contribution in [2.75, 3.05) is 19.0 Å². The molecule has 0 aliphatic rings. The summed E-state index contributed by atoms with van der Waals surface area (Å²) in [6.07, 6.45) is 1.50. The summed E-state index contributed by atoms with van der Waals surface area (Å²) in [5.41, 5.74) is 1.73. The van der Waals surface area contributed by atoms with Crippen LogP contribution in [-0.2, 0) is 9.53 Å². The Labute approximate surface area is 142 Å². The third kappa shape index (κ3) is 4.53. The lowest BCUT2D eigenvalue weighted by Gasteiger charge is -2.10. The van der Waals surface area contributed by atoms with Gasteiger partial charge in [0.05, 0.1) is 7.11 Å². The number of benzene rings is 1. The molecule has 0 unspecified atom stereocenters. The molecule has 0 atom stereocenters. The molecule has 1 aromatic heterocycles. The summed E-state index contributed by atoms with van der Waals surface area (Å²) in [6.45, 7) is 1.47. The summed E-state index contributed by atoms with van der Waals surface area (Å²) in [6, 6.07) is 8.57. The van der Waals surface area contributed by atoms with Crippen LogP contribution in [0, 0.1) is 6.92 Å². The number of ether oxygens (including phenoxy) is 2. The molecule has 1 heterocycles. The second-order valence-corrected chi connectivity index (χ2v) is 5.56. The van der Waals surface area contributed by atoms with Crippen molar-refractivity contribution in [3.63, 3.8) is 0 Å². The summed E-state index contributed by atoms with van der Waals surface area (Å²) in [7, 11) is 1.40. The number of carbonyl (C=O) groups excluding carboxylic acids is 2. The number of halogens is 1. The average molecular weight is 379 g/mol. The number of hydrogen-bond donors (Lipinski definition) is 1. The number of methoxy groups -OCH3 is 1. The van der Waals surface area contributed by atoms with Crippen LogP contribution in [0.1, 0.15) is 15.9 Å². The Balaban J connectivity index is 1.95. The number of amides is 1. The molecule has 7 heteroatoms. The van der Waals surface area contributed by atoms with Gasteiger partial charge in [0.1, 0.15) is 5.56 Å². The van der Waals surface area contributed by atoms with Gasteiger partial charge in [0, 0.05) is 16.4 Å². The molecule has 0 aliphatic heterocycles. The van der Waals surface area contributed by atoms with Crippen LogP contribution in [0.15, 0.2) is 41.0 Å². The fraction of sp³-hybridized carbons (Fsp3) is 0.188. The lowest BCUT2D eigenvalue weighted by atomic mass is 10.2. The highest BCUT2D eigenvalue weighted by Crippen LogP contribution is 2.20. The largest absolute Gasteiger partial charge is 0.480 e. The molecule has 0 radical (unpaired) electrons. The van der Waals surface area contributed by atoms with Crippen molar-refractivity contribution < 1.29 is 19.1 Å². The molecule has 1 aromatic carbocycles. The number of hydrogen-bond acceptors (Lipinski definition) is 5. The Bertz CT molecular complexity index is 734. The molecule has 0 bridgehead atoms. The van der Waals surface area contributed by atoms with Gasteiger partial charge in [0.15, 0.2) is 6.61 Å². The van der Waals surface area contributed by atoms with Gasteiger partial charge >= 0.3 is 5.97 Å². The minimum absolute atomic E-state index is 0.154. The van der Waals surface area contributed by atoms with E-state index in [1.807, 2.05) is 19.1 Å². The lowest BCUT2D eigenvalue weighted by Crippen LogP contribution is -2.21. The predicted octanol–water partition coefficient (Wildman–Crippen LogP) is 2.96. The third-order valence-corrected chi connectivity index (χ3v) is 3.47. The number of nitrogens with zero attached hydrogens (tertiary/aromatic N) is 1. The molecule has 23 heavy (non-hydrogen) atoms. The van der Waals surface area contributed by atoms with Gasteiger partial charge in [-0.15, -0.1) is 0 Å². The van der Waals surface area contributed by atoms with Gasteiger partial charge in [-0.3, -0.25) is 4.79 Å². The van der Waals surface area contributed by atoms with Crippen LogP contribution in [0.4, 0.5) is 5.69 Å². The Kier molecular flexibility index (Phi) is 5.70. The first-order chi connectivity index (χ1) is 11.0. The van der Waals surface area contributed by atoms with Crippen molar-refractivity contribution in [1.29, 1.82) is 0 Å². The minimum Gasteiger partial charge on any atom is -0.480 e. The Morgan fingerprint density at radius 3 is 2.78 bits per heavy atom. The summed E-state index contributed by atoms with van der Waals surface area (Å²) in [5.74, 6) is -0.939. The summed E-state index contributed by atoms with van der Waals surface area (Å²) < 4.78 is 10.9. The smallest absolute Gasteiger partial charge is 0.344 e. The molecule has 0 spiro atoms. The van der Waals surface area contributed by atoms with Crippen molar-refractivity contribution in [1.82, 2.24) is 4.98 Å². The lowest BCUT2D eigenvalue weighted by molar-refractivity contribution is -0.119. The van der Waals surface area contributed by atoms with Crippen molar-refractivity contribution in [2.45, 2.75) is 6.92 Å². The number of aryl methyl sites for hydroxylation is 1. The van der Waals surface area contributed by atoms with Crippen LogP contribution in [0.2, 0.25) is 0 Å². The van der Waals surface area contributed by atoms with E-state index in [0.717, 1.165) is 10.0 Å². The Hall–Kier alpha value is -2.41. The third-order valence-electron chi connectivity index (χ3n) is 2.98. The minimum atomic E-state index is -0.669. The van der Waals surface area contributed by atoms with Crippen LogP contribution in [0.3, 0.4) is 0 Å². The molecular weight excluding hydrogens is 364 g/mol. The van der Waals surface area contributed by atoms with Gasteiger partial charge in [0.25, 0.3) is 5.91 Å². The first-order valence-corrected chi connectivity index (χ1v) is 7.52. The van der Waals surface area contributed by atoms with E-state index in [2.05, 4.69) is 26.2 Å². The Morgan fingerprint density at radius 2 is 2.09 bits per heavy atom. The number of nitrogens with one attached hydrogen (secondary N) is 1. The Morgan fingerprint density at radius 1 is 1.30 bits per heavy atom. The van der Waals surface area contributed by atoms with E-state index in [0.29, 0.717) is 5.69 Å². The van der Waals surface area contributed by atoms with Gasteiger partial charge in [-0.1, -0.05) is 15.9 Å². The highest BCUT2D eigenvalue weighted by molar-refractivity contribution is 9.10. The number of carbonyl (C=O) groups is 2.